The van der Waals surface area contributed by atoms with Crippen LogP contribution in [-0.4, -0.2) is 263 Å². The molecule has 0 aliphatic carbocycles. The van der Waals surface area contributed by atoms with Crippen molar-refractivity contribution in [3.63, 3.8) is 0 Å². The van der Waals surface area contributed by atoms with Crippen molar-refractivity contribution >= 4 is 17.8 Å². The van der Waals surface area contributed by atoms with E-state index in [1.54, 1.807) is 6.92 Å². The van der Waals surface area contributed by atoms with Crippen LogP contribution < -0.4 is 0 Å². The Balaban J connectivity index is 1.23. The number of carbonyl (C=O) groups excluding carboxylic acids is 3. The highest BCUT2D eigenvalue weighted by molar-refractivity contribution is 6.01. The van der Waals surface area contributed by atoms with Crippen LogP contribution in [0.2, 0.25) is 0 Å². The Hall–Kier alpha value is -2.23. The lowest BCUT2D eigenvalue weighted by Gasteiger charge is -2.46. The van der Waals surface area contributed by atoms with Crippen molar-refractivity contribution in [3.05, 3.63) is 0 Å². The zero-order valence-electron chi connectivity index (χ0n) is 35.9. The maximum atomic E-state index is 12.3. The number of hydroxylamine groups is 2. The molecule has 13 N–H and O–H groups in total. The van der Waals surface area contributed by atoms with Crippen LogP contribution in [0.5, 0.6) is 0 Å². The van der Waals surface area contributed by atoms with Crippen molar-refractivity contribution in [3.8, 4) is 0 Å². The van der Waals surface area contributed by atoms with Crippen molar-refractivity contribution < 1.29 is 119 Å². The highest BCUT2D eigenvalue weighted by Crippen LogP contribution is 2.31. The Morgan fingerprint density at radius 1 is 0.585 bits per heavy atom. The predicted molar refractivity (Wildman–Crippen MR) is 209 cm³/mol. The summed E-state index contributed by atoms with van der Waals surface area (Å²) in [6.07, 6.45) is -29.3. The van der Waals surface area contributed by atoms with Crippen LogP contribution in [-0.2, 0) is 52.4 Å². The van der Waals surface area contributed by atoms with Crippen molar-refractivity contribution in [1.29, 1.82) is 0 Å². The molecule has 0 saturated carbocycles. The van der Waals surface area contributed by atoms with Crippen molar-refractivity contribution in [2.75, 3.05) is 46.1 Å². The number of unbranched alkanes of at least 4 members (excludes halogenated alkanes) is 2. The van der Waals surface area contributed by atoms with Crippen LogP contribution in [0, 0.1) is 0 Å². The molecule has 5 rings (SSSR count). The third-order valence-electron chi connectivity index (χ3n) is 12.2. The summed E-state index contributed by atoms with van der Waals surface area (Å²) >= 11 is 0. The summed E-state index contributed by atoms with van der Waals surface area (Å²) in [6, 6.07) is 0. The van der Waals surface area contributed by atoms with Crippen LogP contribution in [0.4, 0.5) is 0 Å². The smallest absolute Gasteiger partial charge is 0.333 e. The van der Waals surface area contributed by atoms with E-state index in [-0.39, 0.29) is 38.8 Å². The number of aliphatic hydroxyl groups is 13. The molecule has 0 bridgehead atoms. The second-order valence-corrected chi connectivity index (χ2v) is 16.9. The lowest BCUT2D eigenvalue weighted by molar-refractivity contribution is -0.366. The zero-order valence-corrected chi connectivity index (χ0v) is 35.9. The Kier molecular flexibility index (Phi) is 20.6. The average molecular weight is 947 g/mol. The van der Waals surface area contributed by atoms with Gasteiger partial charge in [-0.25, -0.2) is 4.79 Å². The van der Waals surface area contributed by atoms with E-state index in [9.17, 15) is 80.8 Å². The summed E-state index contributed by atoms with van der Waals surface area (Å²) in [5, 5.41) is 136. The number of aliphatic hydroxyl groups excluding tert-OH is 13. The molecule has 2 amide bonds. The molecule has 5 aliphatic rings. The number of hydrogen-bond donors (Lipinski definition) is 13. The number of imide groups is 1. The molecule has 5 fully saturated rings. The fraction of sp³-hybridized carbons (Fsp3) is 0.923. The standard InChI is InChI=1S/C39H66N2O24/c1-17-25(47)30(52)26(48)18(60-17)6-5-11-40(10-4-2-3-7-24(46)65-41-22(44)8-9-23(41)45)12-13-58-38-35(57)36(64-39-34(56)32(54)28(50)20(15-43)62-39)29(51)21(63-38)16-59-37-33(55)31(53)27(49)19(14-42)61-37/h17-21,25-39,42-43,47-57H,2-16H2,1H3/t17-,18-,19+,20+,21+,25+,26+,27+,28+,29+,30+,31-,32-,33-,34-,35-,36-,37-,38-,39+/m0/s1. The van der Waals surface area contributed by atoms with E-state index in [1.165, 1.54) is 0 Å². The van der Waals surface area contributed by atoms with E-state index in [2.05, 4.69) is 0 Å². The fourth-order valence-corrected chi connectivity index (χ4v) is 8.18. The minimum atomic E-state index is -1.94. The molecule has 376 valence electrons. The summed E-state index contributed by atoms with van der Waals surface area (Å²) in [7, 11) is 0. The van der Waals surface area contributed by atoms with Gasteiger partial charge in [-0.05, 0) is 45.7 Å². The Bertz CT molecular complexity index is 1480. The molecule has 0 spiro atoms. The van der Waals surface area contributed by atoms with E-state index in [0.29, 0.717) is 43.8 Å². The molecule has 0 aromatic rings. The topological polar surface area (TPSA) is 395 Å². The van der Waals surface area contributed by atoms with Crippen LogP contribution in [0.15, 0.2) is 0 Å². The van der Waals surface area contributed by atoms with Gasteiger partial charge in [0, 0.05) is 25.8 Å². The first-order chi connectivity index (χ1) is 30.9. The molecule has 26 nitrogen and oxygen atoms in total. The second kappa shape index (κ2) is 24.9. The molecule has 0 aromatic carbocycles. The average Bonchev–Trinajstić information content (AvgIpc) is 3.60. The Labute approximate surface area is 373 Å². The minimum Gasteiger partial charge on any atom is -0.394 e. The van der Waals surface area contributed by atoms with Crippen LogP contribution in [0.3, 0.4) is 0 Å². The number of ether oxygens (including phenoxy) is 7. The van der Waals surface area contributed by atoms with Gasteiger partial charge in [-0.2, -0.15) is 0 Å². The number of amides is 2. The number of rotatable bonds is 22. The van der Waals surface area contributed by atoms with Crippen molar-refractivity contribution in [2.45, 2.75) is 181 Å². The van der Waals surface area contributed by atoms with Gasteiger partial charge in [0.2, 0.25) is 0 Å². The maximum absolute atomic E-state index is 12.3. The van der Waals surface area contributed by atoms with E-state index >= 15 is 0 Å². The van der Waals surface area contributed by atoms with E-state index in [4.69, 9.17) is 38.0 Å². The van der Waals surface area contributed by atoms with Crippen LogP contribution in [0.1, 0.15) is 58.3 Å². The van der Waals surface area contributed by atoms with Gasteiger partial charge in [0.05, 0.1) is 38.6 Å². The molecule has 0 radical (unpaired) electrons. The molecule has 0 aromatic heterocycles. The predicted octanol–water partition coefficient (Wildman–Crippen LogP) is -7.43. The number of carbonyl (C=O) groups is 3. The van der Waals surface area contributed by atoms with Gasteiger partial charge >= 0.3 is 5.97 Å². The molecule has 20 atom stereocenters. The Morgan fingerprint density at radius 2 is 1.12 bits per heavy atom. The lowest BCUT2D eigenvalue weighted by atomic mass is 9.93. The van der Waals surface area contributed by atoms with E-state index in [0.717, 1.165) is 0 Å². The fourth-order valence-electron chi connectivity index (χ4n) is 8.18. The van der Waals surface area contributed by atoms with Gasteiger partial charge in [-0.15, -0.1) is 5.06 Å². The van der Waals surface area contributed by atoms with Crippen molar-refractivity contribution in [2.24, 2.45) is 0 Å². The molecule has 5 aliphatic heterocycles. The summed E-state index contributed by atoms with van der Waals surface area (Å²) in [6.45, 7) is 0.119. The van der Waals surface area contributed by atoms with E-state index in [1.807, 2.05) is 4.90 Å². The van der Waals surface area contributed by atoms with Gasteiger partial charge in [0.25, 0.3) is 11.8 Å². The monoisotopic (exact) mass is 946 g/mol. The molecule has 65 heavy (non-hydrogen) atoms. The number of nitrogens with zero attached hydrogens (tertiary/aromatic N) is 2. The molecule has 0 unspecified atom stereocenters. The third-order valence-corrected chi connectivity index (χ3v) is 12.2. The molecular weight excluding hydrogens is 880 g/mol. The van der Waals surface area contributed by atoms with Gasteiger partial charge in [-0.3, -0.25) is 9.59 Å². The first-order valence-corrected chi connectivity index (χ1v) is 21.9. The minimum absolute atomic E-state index is 0.0378. The molecular formula is C39H66N2O24. The van der Waals surface area contributed by atoms with Crippen LogP contribution >= 0.6 is 0 Å². The molecule has 26 heteroatoms. The van der Waals surface area contributed by atoms with Gasteiger partial charge in [0.1, 0.15) is 91.6 Å². The molecule has 5 heterocycles. The van der Waals surface area contributed by atoms with Gasteiger partial charge in [-0.1, -0.05) is 6.42 Å². The second-order valence-electron chi connectivity index (χ2n) is 16.9. The van der Waals surface area contributed by atoms with Gasteiger partial charge < -0.3 is 109 Å². The van der Waals surface area contributed by atoms with Gasteiger partial charge in [0.15, 0.2) is 18.9 Å². The quantitative estimate of drug-likeness (QED) is 0.0354. The van der Waals surface area contributed by atoms with Crippen LogP contribution in [0.25, 0.3) is 0 Å². The maximum Gasteiger partial charge on any atom is 0.333 e. The van der Waals surface area contributed by atoms with Crippen molar-refractivity contribution in [1.82, 2.24) is 9.96 Å². The lowest BCUT2D eigenvalue weighted by Crippen LogP contribution is -2.65. The SMILES string of the molecule is C[C@@H]1O[C@@H](CCCN(CCCCCC(=O)ON2C(=O)CCC2=O)CCO[C@H]2O[C@H](CO[C@H]3O[C@H](CO)[C@@H](O)[C@H](O)[C@@H]3O)[C@@H](O)[C@H](O[C@H]3O[C@H](CO)[C@@H](O)[C@H](O)[C@@H]3O)[C@@H]2O)[C@@H](O)[C@H](O)[C@@H]1O. The highest BCUT2D eigenvalue weighted by Gasteiger charge is 2.52. The van der Waals surface area contributed by atoms with E-state index < -0.39 is 160 Å². The summed E-state index contributed by atoms with van der Waals surface area (Å²) in [4.78, 5) is 42.8. The first-order valence-electron chi connectivity index (χ1n) is 21.9. The third kappa shape index (κ3) is 13.5. The highest BCUT2D eigenvalue weighted by atomic mass is 16.8. The summed E-state index contributed by atoms with van der Waals surface area (Å²) < 4.78 is 39.8. The zero-order chi connectivity index (χ0) is 47.7. The summed E-state index contributed by atoms with van der Waals surface area (Å²) in [5.74, 6) is -1.93. The summed E-state index contributed by atoms with van der Waals surface area (Å²) in [5.41, 5.74) is 0. The normalized spacial score (nSPS) is 41.6. The molecule has 5 saturated heterocycles. The largest absolute Gasteiger partial charge is 0.394 e. The Morgan fingerprint density at radius 3 is 1.75 bits per heavy atom. The first kappa shape index (κ1) is 53.7. The number of hydrogen-bond acceptors (Lipinski definition) is 25.